The molecule has 0 aromatic rings. The third-order valence-corrected chi connectivity index (χ3v) is 4.48. The number of halogens is 1. The molecule has 0 amide bonds. The van der Waals surface area contributed by atoms with Crippen LogP contribution in [0.4, 0.5) is 4.39 Å². The van der Waals surface area contributed by atoms with Crippen molar-refractivity contribution in [1.82, 2.24) is 15.1 Å². The van der Waals surface area contributed by atoms with Gasteiger partial charge in [-0.05, 0) is 19.9 Å². The number of hydrogen-bond acceptors (Lipinski definition) is 5. The Morgan fingerprint density at radius 1 is 1.35 bits per heavy atom. The molecule has 3 rings (SSSR count). The zero-order valence-electron chi connectivity index (χ0n) is 12.0. The average Bonchev–Trinajstić information content (AvgIpc) is 2.41. The molecule has 20 heavy (non-hydrogen) atoms. The molecule has 1 spiro atoms. The summed E-state index contributed by atoms with van der Waals surface area (Å²) in [6.45, 7) is 4.86. The topological polar surface area (TPSA) is 53.8 Å². The highest BCUT2D eigenvalue weighted by atomic mass is 19.1. The number of nitrogens with one attached hydrogen (secondary N) is 1. The number of piperidine rings is 1. The van der Waals surface area contributed by atoms with E-state index in [1.54, 1.807) is 0 Å². The van der Waals surface area contributed by atoms with E-state index < -0.39 is 0 Å². The predicted octanol–water partition coefficient (Wildman–Crippen LogP) is 0.367. The minimum Gasteiger partial charge on any atom is -0.399 e. The molecule has 0 atom stereocenters. The number of allylic oxidation sites excluding steroid dienone is 1. The normalized spacial score (nSPS) is 27.5. The number of hydrogen-bond donors (Lipinski definition) is 2. The van der Waals surface area contributed by atoms with Gasteiger partial charge < -0.3 is 25.6 Å². The Morgan fingerprint density at radius 3 is 2.75 bits per heavy atom. The van der Waals surface area contributed by atoms with Crippen LogP contribution in [0.15, 0.2) is 23.4 Å². The minimum atomic E-state index is -0.258. The number of likely N-dealkylation sites (tertiary alicyclic amines) is 1. The van der Waals surface area contributed by atoms with Gasteiger partial charge in [0.25, 0.3) is 0 Å². The van der Waals surface area contributed by atoms with E-state index in [1.807, 2.05) is 0 Å². The van der Waals surface area contributed by atoms with Crippen molar-refractivity contribution in [2.75, 3.05) is 46.4 Å². The van der Waals surface area contributed by atoms with Gasteiger partial charge in [0, 0.05) is 32.4 Å². The van der Waals surface area contributed by atoms with Crippen molar-refractivity contribution in [2.45, 2.75) is 18.4 Å². The lowest BCUT2D eigenvalue weighted by atomic mass is 9.89. The molecule has 0 aromatic carbocycles. The van der Waals surface area contributed by atoms with Gasteiger partial charge in [0.05, 0.1) is 30.1 Å². The molecule has 2 fully saturated rings. The van der Waals surface area contributed by atoms with Gasteiger partial charge in [-0.25, -0.2) is 4.39 Å². The number of likely N-dealkylation sites (N-methyl/N-ethyl adjacent to an activating group) is 1. The number of nitrogens with two attached hydrogens (primary N) is 1. The molecule has 3 aliphatic rings. The SMILES string of the molecule is CN1CCOC2(CCN(C3=C(N)CNC=C3F)CC2)C1. The molecule has 0 radical (unpaired) electrons. The first-order chi connectivity index (χ1) is 9.60. The smallest absolute Gasteiger partial charge is 0.163 e. The second-order valence-electron chi connectivity index (χ2n) is 6.00. The first-order valence-corrected chi connectivity index (χ1v) is 7.25. The van der Waals surface area contributed by atoms with Gasteiger partial charge in [-0.1, -0.05) is 0 Å². The summed E-state index contributed by atoms with van der Waals surface area (Å²) >= 11 is 0. The van der Waals surface area contributed by atoms with E-state index in [2.05, 4.69) is 22.2 Å². The molecule has 5 nitrogen and oxygen atoms in total. The van der Waals surface area contributed by atoms with Gasteiger partial charge in [0.2, 0.25) is 0 Å². The number of ether oxygens (including phenoxy) is 1. The second-order valence-corrected chi connectivity index (χ2v) is 6.00. The number of rotatable bonds is 1. The maximum Gasteiger partial charge on any atom is 0.163 e. The van der Waals surface area contributed by atoms with Crippen LogP contribution in [0.5, 0.6) is 0 Å². The monoisotopic (exact) mass is 282 g/mol. The van der Waals surface area contributed by atoms with Crippen LogP contribution in [-0.4, -0.2) is 61.8 Å². The molecule has 3 N–H and O–H groups in total. The first-order valence-electron chi connectivity index (χ1n) is 7.25. The second kappa shape index (κ2) is 5.26. The highest BCUT2D eigenvalue weighted by molar-refractivity contribution is 5.32. The summed E-state index contributed by atoms with van der Waals surface area (Å²) in [5.74, 6) is -0.258. The molecular weight excluding hydrogens is 259 g/mol. The van der Waals surface area contributed by atoms with E-state index in [9.17, 15) is 4.39 Å². The number of morpholine rings is 1. The van der Waals surface area contributed by atoms with E-state index in [4.69, 9.17) is 10.5 Å². The lowest BCUT2D eigenvalue weighted by molar-refractivity contribution is -0.128. The maximum absolute atomic E-state index is 14.0. The summed E-state index contributed by atoms with van der Waals surface area (Å²) in [5.41, 5.74) is 7.06. The minimum absolute atomic E-state index is 0.0497. The summed E-state index contributed by atoms with van der Waals surface area (Å²) in [5, 5.41) is 2.84. The Kier molecular flexibility index (Phi) is 3.60. The van der Waals surface area contributed by atoms with Crippen LogP contribution in [0.3, 0.4) is 0 Å². The molecule has 0 saturated carbocycles. The standard InChI is InChI=1S/C14H23FN4O/c1-18-6-7-20-14(10-18)2-4-19(5-3-14)13-11(15)8-17-9-12(13)16/h8,17H,2-7,9-10,16H2,1H3. The largest absolute Gasteiger partial charge is 0.399 e. The van der Waals surface area contributed by atoms with Gasteiger partial charge in [-0.3, -0.25) is 0 Å². The van der Waals surface area contributed by atoms with Gasteiger partial charge in [0.1, 0.15) is 0 Å². The third-order valence-electron chi connectivity index (χ3n) is 4.48. The van der Waals surface area contributed by atoms with E-state index in [-0.39, 0.29) is 11.4 Å². The summed E-state index contributed by atoms with van der Waals surface area (Å²) in [7, 11) is 2.13. The fourth-order valence-electron chi connectivity index (χ4n) is 3.39. The predicted molar refractivity (Wildman–Crippen MR) is 75.4 cm³/mol. The molecule has 0 unspecified atom stereocenters. The van der Waals surface area contributed by atoms with Crippen LogP contribution in [-0.2, 0) is 4.74 Å². The molecule has 6 heteroatoms. The zero-order valence-corrected chi connectivity index (χ0v) is 12.0. The molecule has 0 aliphatic carbocycles. The fraction of sp³-hybridized carbons (Fsp3) is 0.714. The molecule has 0 aromatic heterocycles. The lowest BCUT2D eigenvalue weighted by Gasteiger charge is -2.47. The Hall–Kier alpha value is -1.27. The third kappa shape index (κ3) is 2.50. The van der Waals surface area contributed by atoms with Crippen molar-refractivity contribution in [3.8, 4) is 0 Å². The lowest BCUT2D eigenvalue weighted by Crippen LogP contribution is -2.56. The quantitative estimate of drug-likeness (QED) is 0.728. The Bertz CT molecular complexity index is 440. The van der Waals surface area contributed by atoms with Crippen LogP contribution in [0.25, 0.3) is 0 Å². The van der Waals surface area contributed by atoms with Crippen LogP contribution in [0, 0.1) is 0 Å². The van der Waals surface area contributed by atoms with Gasteiger partial charge in [0.15, 0.2) is 5.83 Å². The van der Waals surface area contributed by atoms with Crippen molar-refractivity contribution in [3.05, 3.63) is 23.4 Å². The van der Waals surface area contributed by atoms with Gasteiger partial charge in [-0.2, -0.15) is 0 Å². The summed E-state index contributed by atoms with van der Waals surface area (Å²) in [4.78, 5) is 4.38. The molecule has 3 heterocycles. The average molecular weight is 282 g/mol. The van der Waals surface area contributed by atoms with Crippen molar-refractivity contribution < 1.29 is 9.13 Å². The molecule has 3 aliphatic heterocycles. The Balaban J connectivity index is 1.68. The Labute approximate surface area is 119 Å². The molecule has 0 bridgehead atoms. The van der Waals surface area contributed by atoms with E-state index in [0.29, 0.717) is 17.9 Å². The van der Waals surface area contributed by atoms with Crippen LogP contribution in [0.2, 0.25) is 0 Å². The van der Waals surface area contributed by atoms with Crippen molar-refractivity contribution in [1.29, 1.82) is 0 Å². The summed E-state index contributed by atoms with van der Waals surface area (Å²) < 4.78 is 20.0. The highest BCUT2D eigenvalue weighted by Gasteiger charge is 2.39. The van der Waals surface area contributed by atoms with E-state index in [0.717, 1.165) is 45.6 Å². The first kappa shape index (κ1) is 13.7. The van der Waals surface area contributed by atoms with Crippen molar-refractivity contribution >= 4 is 0 Å². The molecule has 112 valence electrons. The van der Waals surface area contributed by atoms with Gasteiger partial charge >= 0.3 is 0 Å². The van der Waals surface area contributed by atoms with E-state index in [1.165, 1.54) is 6.20 Å². The molecule has 2 saturated heterocycles. The van der Waals surface area contributed by atoms with Crippen LogP contribution in [0.1, 0.15) is 12.8 Å². The maximum atomic E-state index is 14.0. The summed E-state index contributed by atoms with van der Waals surface area (Å²) in [6, 6.07) is 0. The number of nitrogens with zero attached hydrogens (tertiary/aromatic N) is 2. The molecular formula is C14H23FN4O. The Morgan fingerprint density at radius 2 is 2.10 bits per heavy atom. The van der Waals surface area contributed by atoms with Crippen LogP contribution < -0.4 is 11.1 Å². The highest BCUT2D eigenvalue weighted by Crippen LogP contribution is 2.33. The zero-order chi connectivity index (χ0) is 14.2. The van der Waals surface area contributed by atoms with Gasteiger partial charge in [-0.15, -0.1) is 0 Å². The van der Waals surface area contributed by atoms with Crippen molar-refractivity contribution in [3.63, 3.8) is 0 Å². The van der Waals surface area contributed by atoms with E-state index >= 15 is 0 Å². The fourth-order valence-corrected chi connectivity index (χ4v) is 3.39. The van der Waals surface area contributed by atoms with Crippen LogP contribution >= 0.6 is 0 Å². The van der Waals surface area contributed by atoms with Crippen molar-refractivity contribution in [2.24, 2.45) is 5.73 Å². The summed E-state index contributed by atoms with van der Waals surface area (Å²) in [6.07, 6.45) is 3.25. The number of dihydropyridines is 1.